The second-order valence-electron chi connectivity index (χ2n) is 8.30. The molecule has 0 spiro atoms. The first kappa shape index (κ1) is 22.3. The number of methoxy groups -OCH3 is 2. The van der Waals surface area contributed by atoms with E-state index in [-0.39, 0.29) is 12.1 Å². The summed E-state index contributed by atoms with van der Waals surface area (Å²) in [5.74, 6) is 1.59. The first-order chi connectivity index (χ1) is 15.6. The maximum Gasteiger partial charge on any atom is 0.143 e. The molecule has 1 aliphatic heterocycles. The molecule has 5 heteroatoms. The SMILES string of the molecule is COc1ccc(C(OCC2CC(O)CN2C)(c2ccccc2)c2ccc(OC)cc2)cc1. The van der Waals surface area contributed by atoms with Crippen molar-refractivity contribution in [2.24, 2.45) is 0 Å². The molecule has 3 aromatic carbocycles. The molecule has 2 unspecified atom stereocenters. The zero-order valence-electron chi connectivity index (χ0n) is 18.9. The highest BCUT2D eigenvalue weighted by Gasteiger charge is 2.40. The maximum atomic E-state index is 10.1. The Balaban J connectivity index is 1.84. The van der Waals surface area contributed by atoms with Crippen LogP contribution in [0, 0.1) is 0 Å². The van der Waals surface area contributed by atoms with Crippen molar-refractivity contribution in [3.63, 3.8) is 0 Å². The largest absolute Gasteiger partial charge is 0.497 e. The highest BCUT2D eigenvalue weighted by atomic mass is 16.5. The molecule has 0 aliphatic carbocycles. The average Bonchev–Trinajstić information content (AvgIpc) is 3.17. The number of benzene rings is 3. The van der Waals surface area contributed by atoms with E-state index in [2.05, 4.69) is 41.3 Å². The summed E-state index contributed by atoms with van der Waals surface area (Å²) in [7, 11) is 5.37. The van der Waals surface area contributed by atoms with Crippen LogP contribution in [0.5, 0.6) is 11.5 Å². The molecular formula is C27H31NO4. The third kappa shape index (κ3) is 4.37. The predicted molar refractivity (Wildman–Crippen MR) is 125 cm³/mol. The number of nitrogens with zero attached hydrogens (tertiary/aromatic N) is 1. The van der Waals surface area contributed by atoms with Gasteiger partial charge in [-0.3, -0.25) is 4.90 Å². The normalized spacial score (nSPS) is 19.1. The predicted octanol–water partition coefficient (Wildman–Crippen LogP) is 4.08. The minimum Gasteiger partial charge on any atom is -0.497 e. The fourth-order valence-corrected chi connectivity index (χ4v) is 4.54. The molecule has 2 atom stereocenters. The molecule has 0 aromatic heterocycles. The Morgan fingerprint density at radius 2 is 1.31 bits per heavy atom. The zero-order valence-corrected chi connectivity index (χ0v) is 18.9. The molecule has 0 radical (unpaired) electrons. The van der Waals surface area contributed by atoms with Crippen LogP contribution < -0.4 is 9.47 Å². The van der Waals surface area contributed by atoms with Gasteiger partial charge in [0.25, 0.3) is 0 Å². The van der Waals surface area contributed by atoms with E-state index in [1.807, 2.05) is 49.5 Å². The van der Waals surface area contributed by atoms with E-state index in [4.69, 9.17) is 14.2 Å². The number of ether oxygens (including phenoxy) is 3. The zero-order chi connectivity index (χ0) is 22.6. The number of aliphatic hydroxyl groups is 1. The van der Waals surface area contributed by atoms with E-state index in [1.165, 1.54) is 0 Å². The summed E-state index contributed by atoms with van der Waals surface area (Å²) in [6.45, 7) is 1.15. The molecule has 5 nitrogen and oxygen atoms in total. The Hall–Kier alpha value is -2.86. The number of rotatable bonds is 8. The third-order valence-corrected chi connectivity index (χ3v) is 6.33. The van der Waals surface area contributed by atoms with Crippen molar-refractivity contribution in [2.75, 3.05) is 34.4 Å². The lowest BCUT2D eigenvalue weighted by Crippen LogP contribution is -2.38. The average molecular weight is 434 g/mol. The van der Waals surface area contributed by atoms with Gasteiger partial charge in [0, 0.05) is 12.6 Å². The summed E-state index contributed by atoms with van der Waals surface area (Å²) in [6, 6.07) is 26.5. The molecule has 0 bridgehead atoms. The number of hydrogen-bond donors (Lipinski definition) is 1. The van der Waals surface area contributed by atoms with Crippen LogP contribution in [0.2, 0.25) is 0 Å². The summed E-state index contributed by atoms with van der Waals surface area (Å²) in [4.78, 5) is 2.17. The highest BCUT2D eigenvalue weighted by Crippen LogP contribution is 2.42. The Morgan fingerprint density at radius 3 is 1.75 bits per heavy atom. The number of β-amino-alcohol motifs (C(OH)–C–C–N with tert-alkyl or cyclic N) is 1. The number of aliphatic hydroxyl groups excluding tert-OH is 1. The maximum absolute atomic E-state index is 10.1. The minimum absolute atomic E-state index is 0.143. The van der Waals surface area contributed by atoms with Crippen LogP contribution in [-0.2, 0) is 10.3 Å². The van der Waals surface area contributed by atoms with E-state index in [0.29, 0.717) is 19.6 Å². The van der Waals surface area contributed by atoms with Gasteiger partial charge in [0.1, 0.15) is 17.1 Å². The van der Waals surface area contributed by atoms with Gasteiger partial charge in [-0.1, -0.05) is 54.6 Å². The third-order valence-electron chi connectivity index (χ3n) is 6.33. The molecule has 3 aromatic rings. The fraction of sp³-hybridized carbons (Fsp3) is 0.333. The van der Waals surface area contributed by atoms with E-state index >= 15 is 0 Å². The van der Waals surface area contributed by atoms with Crippen molar-refractivity contribution in [2.45, 2.75) is 24.2 Å². The van der Waals surface area contributed by atoms with E-state index in [9.17, 15) is 5.11 Å². The van der Waals surface area contributed by atoms with Gasteiger partial charge in [0.2, 0.25) is 0 Å². The van der Waals surface area contributed by atoms with Crippen molar-refractivity contribution in [1.82, 2.24) is 4.90 Å². The number of hydrogen-bond acceptors (Lipinski definition) is 5. The van der Waals surface area contributed by atoms with Crippen molar-refractivity contribution in [1.29, 1.82) is 0 Å². The molecule has 168 valence electrons. The van der Waals surface area contributed by atoms with Gasteiger partial charge < -0.3 is 19.3 Å². The lowest BCUT2D eigenvalue weighted by Gasteiger charge is -2.37. The highest BCUT2D eigenvalue weighted by molar-refractivity contribution is 5.49. The fourth-order valence-electron chi connectivity index (χ4n) is 4.54. The van der Waals surface area contributed by atoms with Crippen molar-refractivity contribution in [3.05, 3.63) is 95.6 Å². The second-order valence-corrected chi connectivity index (χ2v) is 8.30. The monoisotopic (exact) mass is 433 g/mol. The smallest absolute Gasteiger partial charge is 0.143 e. The minimum atomic E-state index is -0.825. The molecule has 1 fully saturated rings. The van der Waals surface area contributed by atoms with Crippen LogP contribution in [0.25, 0.3) is 0 Å². The molecular weight excluding hydrogens is 402 g/mol. The quantitative estimate of drug-likeness (QED) is 0.543. The van der Waals surface area contributed by atoms with Gasteiger partial charge in [-0.25, -0.2) is 0 Å². The van der Waals surface area contributed by atoms with Crippen LogP contribution in [0.15, 0.2) is 78.9 Å². The first-order valence-electron chi connectivity index (χ1n) is 10.9. The van der Waals surface area contributed by atoms with E-state index < -0.39 is 5.60 Å². The van der Waals surface area contributed by atoms with Gasteiger partial charge in [-0.2, -0.15) is 0 Å². The van der Waals surface area contributed by atoms with Gasteiger partial charge >= 0.3 is 0 Å². The van der Waals surface area contributed by atoms with Crippen molar-refractivity contribution in [3.8, 4) is 11.5 Å². The number of likely N-dealkylation sites (N-methyl/N-ethyl adjacent to an activating group) is 1. The molecule has 1 heterocycles. The molecule has 1 aliphatic rings. The van der Waals surface area contributed by atoms with Crippen LogP contribution >= 0.6 is 0 Å². The van der Waals surface area contributed by atoms with Gasteiger partial charge in [-0.15, -0.1) is 0 Å². The lowest BCUT2D eigenvalue weighted by molar-refractivity contribution is -0.0124. The molecule has 0 saturated carbocycles. The Morgan fingerprint density at radius 1 is 0.812 bits per heavy atom. The number of likely N-dealkylation sites (tertiary alicyclic amines) is 1. The van der Waals surface area contributed by atoms with Crippen molar-refractivity contribution >= 4 is 0 Å². The standard InChI is InChI=1S/C27H31NO4/c1-28-18-24(29)17-23(28)19-32-27(20-7-5-4-6-8-20,21-9-13-25(30-2)14-10-21)22-11-15-26(31-3)16-12-22/h4-16,23-24,29H,17-19H2,1-3H3. The van der Waals surface area contributed by atoms with Crippen molar-refractivity contribution < 1.29 is 19.3 Å². The summed E-state index contributed by atoms with van der Waals surface area (Å²) in [6.07, 6.45) is 0.383. The molecule has 0 amide bonds. The van der Waals surface area contributed by atoms with Crippen LogP contribution in [-0.4, -0.2) is 56.6 Å². The van der Waals surface area contributed by atoms with Gasteiger partial charge in [-0.05, 0) is 54.4 Å². The summed E-state index contributed by atoms with van der Waals surface area (Å²) in [5.41, 5.74) is 2.23. The summed E-state index contributed by atoms with van der Waals surface area (Å²) >= 11 is 0. The van der Waals surface area contributed by atoms with Gasteiger partial charge in [0.15, 0.2) is 0 Å². The molecule has 1 saturated heterocycles. The summed E-state index contributed by atoms with van der Waals surface area (Å²) in [5, 5.41) is 10.1. The first-order valence-corrected chi connectivity index (χ1v) is 10.9. The Labute approximate surface area is 190 Å². The van der Waals surface area contributed by atoms with Crippen LogP contribution in [0.1, 0.15) is 23.1 Å². The van der Waals surface area contributed by atoms with E-state index in [0.717, 1.165) is 28.2 Å². The Kier molecular flexibility index (Phi) is 6.80. The topological polar surface area (TPSA) is 51.2 Å². The lowest BCUT2D eigenvalue weighted by atomic mass is 9.80. The van der Waals surface area contributed by atoms with Crippen LogP contribution in [0.4, 0.5) is 0 Å². The molecule has 32 heavy (non-hydrogen) atoms. The van der Waals surface area contributed by atoms with E-state index in [1.54, 1.807) is 14.2 Å². The van der Waals surface area contributed by atoms with Crippen LogP contribution in [0.3, 0.4) is 0 Å². The Bertz CT molecular complexity index is 941. The molecule has 4 rings (SSSR count). The second kappa shape index (κ2) is 9.74. The van der Waals surface area contributed by atoms with Gasteiger partial charge in [0.05, 0.1) is 26.9 Å². The molecule has 1 N–H and O–H groups in total. The summed E-state index contributed by atoms with van der Waals surface area (Å²) < 4.78 is 17.7.